The number of aliphatic carboxylic acids is 1. The molecule has 3 nitrogen and oxygen atoms in total. The highest BCUT2D eigenvalue weighted by Crippen LogP contribution is 2.42. The van der Waals surface area contributed by atoms with E-state index in [2.05, 4.69) is 0 Å². The van der Waals surface area contributed by atoms with E-state index >= 15 is 0 Å². The SMILES string of the molecule is O=C(O)/C=C/c1cc(O)c(C(F)(F)F)cc1C(F)(F)F. The Hall–Kier alpha value is -2.19. The van der Waals surface area contributed by atoms with Crippen LogP contribution < -0.4 is 0 Å². The van der Waals surface area contributed by atoms with E-state index < -0.39 is 40.8 Å². The van der Waals surface area contributed by atoms with E-state index in [0.717, 1.165) is 0 Å². The number of hydrogen-bond donors (Lipinski definition) is 2. The summed E-state index contributed by atoms with van der Waals surface area (Å²) >= 11 is 0. The van der Waals surface area contributed by atoms with Crippen LogP contribution in [0, 0.1) is 0 Å². The second-order valence-corrected chi connectivity index (χ2v) is 3.62. The Morgan fingerprint density at radius 1 is 1.00 bits per heavy atom. The van der Waals surface area contributed by atoms with Crippen molar-refractivity contribution in [3.63, 3.8) is 0 Å². The Morgan fingerprint density at radius 2 is 1.50 bits per heavy atom. The van der Waals surface area contributed by atoms with Crippen molar-refractivity contribution in [2.45, 2.75) is 12.4 Å². The molecule has 0 radical (unpaired) electrons. The van der Waals surface area contributed by atoms with Gasteiger partial charge in [-0.3, -0.25) is 0 Å². The predicted octanol–water partition coefficient (Wildman–Crippen LogP) is 3.53. The maximum absolute atomic E-state index is 12.6. The van der Waals surface area contributed by atoms with Gasteiger partial charge in [0.05, 0.1) is 11.1 Å². The van der Waals surface area contributed by atoms with E-state index in [1.165, 1.54) is 0 Å². The minimum absolute atomic E-state index is 0.213. The van der Waals surface area contributed by atoms with Gasteiger partial charge in [0.25, 0.3) is 0 Å². The van der Waals surface area contributed by atoms with Gasteiger partial charge in [0.15, 0.2) is 0 Å². The third-order valence-electron chi connectivity index (χ3n) is 2.18. The molecule has 0 aliphatic carbocycles. The number of phenolic OH excluding ortho intramolecular Hbond substituents is 1. The molecule has 110 valence electrons. The lowest BCUT2D eigenvalue weighted by molar-refractivity contribution is -0.144. The summed E-state index contributed by atoms with van der Waals surface area (Å²) in [5, 5.41) is 17.4. The summed E-state index contributed by atoms with van der Waals surface area (Å²) in [6, 6.07) is -0.0536. The second-order valence-electron chi connectivity index (χ2n) is 3.62. The van der Waals surface area contributed by atoms with Crippen molar-refractivity contribution >= 4 is 12.0 Å². The predicted molar refractivity (Wildman–Crippen MR) is 54.8 cm³/mol. The third kappa shape index (κ3) is 3.65. The first-order valence-electron chi connectivity index (χ1n) is 4.85. The molecule has 0 saturated heterocycles. The van der Waals surface area contributed by atoms with E-state index in [-0.39, 0.29) is 12.1 Å². The van der Waals surface area contributed by atoms with Crippen LogP contribution in [-0.4, -0.2) is 16.2 Å². The number of benzene rings is 1. The van der Waals surface area contributed by atoms with Gasteiger partial charge in [-0.2, -0.15) is 26.3 Å². The number of phenols is 1. The fourth-order valence-corrected chi connectivity index (χ4v) is 1.38. The van der Waals surface area contributed by atoms with Gasteiger partial charge in [0, 0.05) is 6.08 Å². The molecule has 0 saturated carbocycles. The summed E-state index contributed by atoms with van der Waals surface area (Å²) in [7, 11) is 0. The molecular formula is C11H6F6O3. The molecule has 0 amide bonds. The van der Waals surface area contributed by atoms with Gasteiger partial charge in [-0.25, -0.2) is 4.79 Å². The van der Waals surface area contributed by atoms with Crippen molar-refractivity contribution in [1.29, 1.82) is 0 Å². The fraction of sp³-hybridized carbons (Fsp3) is 0.182. The Labute approximate surface area is 107 Å². The van der Waals surface area contributed by atoms with Crippen LogP contribution in [0.5, 0.6) is 5.75 Å². The third-order valence-corrected chi connectivity index (χ3v) is 2.18. The summed E-state index contributed by atoms with van der Waals surface area (Å²) in [6.45, 7) is 0. The number of alkyl halides is 6. The maximum Gasteiger partial charge on any atom is 0.419 e. The molecule has 20 heavy (non-hydrogen) atoms. The molecule has 0 aliphatic heterocycles. The summed E-state index contributed by atoms with van der Waals surface area (Å²) < 4.78 is 75.2. The van der Waals surface area contributed by atoms with Gasteiger partial charge in [-0.05, 0) is 23.8 Å². The van der Waals surface area contributed by atoms with Gasteiger partial charge >= 0.3 is 18.3 Å². The lowest BCUT2D eigenvalue weighted by atomic mass is 10.0. The van der Waals surface area contributed by atoms with Gasteiger partial charge in [0.1, 0.15) is 5.75 Å². The van der Waals surface area contributed by atoms with E-state index in [4.69, 9.17) is 10.2 Å². The van der Waals surface area contributed by atoms with Crippen LogP contribution in [0.1, 0.15) is 16.7 Å². The average molecular weight is 300 g/mol. The number of carboxylic acids is 1. The molecule has 0 fully saturated rings. The van der Waals surface area contributed by atoms with Crippen LogP contribution in [-0.2, 0) is 17.1 Å². The minimum atomic E-state index is -5.17. The lowest BCUT2D eigenvalue weighted by Gasteiger charge is -2.15. The van der Waals surface area contributed by atoms with Crippen LogP contribution in [0.3, 0.4) is 0 Å². The molecule has 0 bridgehead atoms. The number of carboxylic acid groups (broad SMARTS) is 1. The van der Waals surface area contributed by atoms with Crippen molar-refractivity contribution < 1.29 is 41.4 Å². The molecule has 0 spiro atoms. The first kappa shape index (κ1) is 15.9. The second kappa shape index (κ2) is 5.06. The van der Waals surface area contributed by atoms with E-state index in [0.29, 0.717) is 12.2 Å². The Kier molecular flexibility index (Phi) is 4.02. The van der Waals surface area contributed by atoms with E-state index in [9.17, 15) is 31.1 Å². The van der Waals surface area contributed by atoms with Gasteiger partial charge in [-0.1, -0.05) is 0 Å². The van der Waals surface area contributed by atoms with E-state index in [1.807, 2.05) is 0 Å². The quantitative estimate of drug-likeness (QED) is 0.649. The molecule has 0 aromatic heterocycles. The highest BCUT2D eigenvalue weighted by molar-refractivity contribution is 5.85. The zero-order valence-corrected chi connectivity index (χ0v) is 9.38. The first-order chi connectivity index (χ1) is 8.93. The van der Waals surface area contributed by atoms with Crippen molar-refractivity contribution in [3.8, 4) is 5.75 Å². The largest absolute Gasteiger partial charge is 0.507 e. The van der Waals surface area contributed by atoms with E-state index in [1.54, 1.807) is 0 Å². The molecule has 1 aromatic rings. The first-order valence-corrected chi connectivity index (χ1v) is 4.85. The van der Waals surface area contributed by atoms with Gasteiger partial charge in [0.2, 0.25) is 0 Å². The smallest absolute Gasteiger partial charge is 0.419 e. The minimum Gasteiger partial charge on any atom is -0.507 e. The Bertz CT molecular complexity index is 557. The fourth-order valence-electron chi connectivity index (χ4n) is 1.38. The summed E-state index contributed by atoms with van der Waals surface area (Å²) in [5.74, 6) is -3.01. The molecule has 0 heterocycles. The number of carbonyl (C=O) groups is 1. The Balaban J connectivity index is 3.54. The van der Waals surface area contributed by atoms with Crippen molar-refractivity contribution in [1.82, 2.24) is 0 Å². The number of hydrogen-bond acceptors (Lipinski definition) is 2. The molecule has 0 atom stereocenters. The van der Waals surface area contributed by atoms with Crippen molar-refractivity contribution in [3.05, 3.63) is 34.9 Å². The highest BCUT2D eigenvalue weighted by Gasteiger charge is 2.40. The summed E-state index contributed by atoms with van der Waals surface area (Å²) in [6.07, 6.45) is -9.53. The number of halogens is 6. The monoisotopic (exact) mass is 300 g/mol. The number of aromatic hydroxyl groups is 1. The summed E-state index contributed by atoms with van der Waals surface area (Å²) in [4.78, 5) is 10.2. The normalized spacial score (nSPS) is 12.9. The molecular weight excluding hydrogens is 294 g/mol. The van der Waals surface area contributed by atoms with Crippen LogP contribution in [0.15, 0.2) is 18.2 Å². The van der Waals surface area contributed by atoms with Gasteiger partial charge < -0.3 is 10.2 Å². The lowest BCUT2D eigenvalue weighted by Crippen LogP contribution is -2.12. The molecule has 0 unspecified atom stereocenters. The molecule has 1 aromatic carbocycles. The topological polar surface area (TPSA) is 57.5 Å². The molecule has 1 rings (SSSR count). The van der Waals surface area contributed by atoms with Crippen LogP contribution in [0.2, 0.25) is 0 Å². The highest BCUT2D eigenvalue weighted by atomic mass is 19.4. The van der Waals surface area contributed by atoms with Gasteiger partial charge in [-0.15, -0.1) is 0 Å². The van der Waals surface area contributed by atoms with Crippen LogP contribution in [0.4, 0.5) is 26.3 Å². The van der Waals surface area contributed by atoms with Crippen molar-refractivity contribution in [2.75, 3.05) is 0 Å². The standard InChI is InChI=1S/C11H6F6O3/c12-10(13,14)6-4-7(11(15,16)17)8(18)3-5(6)1-2-9(19)20/h1-4,18H,(H,19,20)/b2-1+. The molecule has 9 heteroatoms. The number of rotatable bonds is 2. The zero-order chi connectivity index (χ0) is 15.7. The Morgan fingerprint density at radius 3 is 1.90 bits per heavy atom. The maximum atomic E-state index is 12.6. The zero-order valence-electron chi connectivity index (χ0n) is 9.38. The van der Waals surface area contributed by atoms with Crippen LogP contribution in [0.25, 0.3) is 6.08 Å². The molecule has 2 N–H and O–H groups in total. The van der Waals surface area contributed by atoms with Crippen molar-refractivity contribution in [2.24, 2.45) is 0 Å². The average Bonchev–Trinajstić information content (AvgIpc) is 2.22. The van der Waals surface area contributed by atoms with Crippen LogP contribution >= 0.6 is 0 Å². The summed E-state index contributed by atoms with van der Waals surface area (Å²) in [5.41, 5.74) is -4.43. The molecule has 0 aliphatic rings.